The van der Waals surface area contributed by atoms with Crippen molar-refractivity contribution in [2.24, 2.45) is 5.10 Å². The number of rotatable bonds is 10. The predicted octanol–water partition coefficient (Wildman–Crippen LogP) is 5.76. The first-order valence-electron chi connectivity index (χ1n) is 13.4. The molecule has 0 aliphatic carbocycles. The normalized spacial score (nSPS) is 11.6. The Labute approximate surface area is 242 Å². The lowest BCUT2D eigenvalue weighted by molar-refractivity contribution is -0.119. The first-order chi connectivity index (χ1) is 19.5. The summed E-state index contributed by atoms with van der Waals surface area (Å²) in [7, 11) is -4.09. The lowest BCUT2D eigenvalue weighted by atomic mass is 10.1. The largest absolute Gasteiger partial charge is 0.492 e. The zero-order chi connectivity index (χ0) is 29.7. The third-order valence-corrected chi connectivity index (χ3v) is 8.63. The Hall–Kier alpha value is -4.37. The molecule has 9 heteroatoms. The van der Waals surface area contributed by atoms with Crippen molar-refractivity contribution >= 4 is 27.8 Å². The lowest BCUT2D eigenvalue weighted by Crippen LogP contribution is -2.39. The number of sulfonamides is 1. The molecule has 1 amide bonds. The van der Waals surface area contributed by atoms with Crippen molar-refractivity contribution in [3.63, 3.8) is 0 Å². The number of para-hydroxylation sites is 3. The Morgan fingerprint density at radius 2 is 1.61 bits per heavy atom. The van der Waals surface area contributed by atoms with Crippen molar-refractivity contribution in [1.29, 1.82) is 0 Å². The molecule has 8 nitrogen and oxygen atoms in total. The van der Waals surface area contributed by atoms with Crippen LogP contribution in [0.3, 0.4) is 0 Å². The van der Waals surface area contributed by atoms with Gasteiger partial charge in [0.2, 0.25) is 0 Å². The quantitative estimate of drug-likeness (QED) is 0.193. The number of aromatic nitrogens is 1. The van der Waals surface area contributed by atoms with E-state index in [-0.39, 0.29) is 10.6 Å². The van der Waals surface area contributed by atoms with Gasteiger partial charge in [-0.1, -0.05) is 48.0 Å². The Kier molecular flexibility index (Phi) is 8.98. The summed E-state index contributed by atoms with van der Waals surface area (Å²) in [5.74, 6) is -0.229. The molecule has 41 heavy (non-hydrogen) atoms. The number of nitrogens with zero attached hydrogens (tertiary/aromatic N) is 3. The maximum atomic E-state index is 13.8. The average Bonchev–Trinajstić information content (AvgIpc) is 3.20. The minimum Gasteiger partial charge on any atom is -0.492 e. The molecule has 0 unspecified atom stereocenters. The zero-order valence-electron chi connectivity index (χ0n) is 24.3. The van der Waals surface area contributed by atoms with E-state index < -0.39 is 22.5 Å². The van der Waals surface area contributed by atoms with Gasteiger partial charge in [0, 0.05) is 17.0 Å². The molecule has 0 spiro atoms. The van der Waals surface area contributed by atoms with Crippen LogP contribution in [-0.4, -0.2) is 38.3 Å². The van der Waals surface area contributed by atoms with Crippen molar-refractivity contribution < 1.29 is 17.9 Å². The SMILES string of the molecule is CCOc1ccccc1N(CC(=O)N/N=C\c1cc(C)n(-c2c(C)cccc2C)c1C)S(=O)(=O)c1ccc(C)cc1. The van der Waals surface area contributed by atoms with Crippen LogP contribution in [0.4, 0.5) is 5.69 Å². The Balaban J connectivity index is 1.61. The fourth-order valence-electron chi connectivity index (χ4n) is 4.84. The molecular formula is C32H36N4O4S. The maximum absolute atomic E-state index is 13.8. The van der Waals surface area contributed by atoms with E-state index in [9.17, 15) is 13.2 Å². The molecule has 0 atom stereocenters. The first kappa shape index (κ1) is 29.6. The van der Waals surface area contributed by atoms with E-state index in [1.807, 2.05) is 39.8 Å². The first-order valence-corrected chi connectivity index (χ1v) is 14.9. The molecule has 0 saturated heterocycles. The number of amides is 1. The van der Waals surface area contributed by atoms with Gasteiger partial charge in [-0.05, 0) is 83.0 Å². The van der Waals surface area contributed by atoms with Gasteiger partial charge >= 0.3 is 0 Å². The monoisotopic (exact) mass is 572 g/mol. The summed E-state index contributed by atoms with van der Waals surface area (Å²) in [5, 5.41) is 4.18. The van der Waals surface area contributed by atoms with E-state index in [0.29, 0.717) is 12.4 Å². The van der Waals surface area contributed by atoms with E-state index in [1.54, 1.807) is 42.6 Å². The molecule has 214 valence electrons. The van der Waals surface area contributed by atoms with Crippen LogP contribution in [-0.2, 0) is 14.8 Å². The van der Waals surface area contributed by atoms with Gasteiger partial charge in [-0.25, -0.2) is 13.8 Å². The van der Waals surface area contributed by atoms with Crippen LogP contribution in [0.2, 0.25) is 0 Å². The summed E-state index contributed by atoms with van der Waals surface area (Å²) in [5.41, 5.74) is 10.0. The fraction of sp³-hybridized carbons (Fsp3) is 0.250. The van der Waals surface area contributed by atoms with Crippen molar-refractivity contribution in [1.82, 2.24) is 9.99 Å². The van der Waals surface area contributed by atoms with E-state index in [0.717, 1.165) is 43.6 Å². The van der Waals surface area contributed by atoms with Crippen LogP contribution < -0.4 is 14.5 Å². The van der Waals surface area contributed by atoms with Gasteiger partial charge in [0.05, 0.1) is 29.1 Å². The molecule has 0 aliphatic heterocycles. The van der Waals surface area contributed by atoms with Crippen LogP contribution in [0, 0.1) is 34.6 Å². The van der Waals surface area contributed by atoms with E-state index >= 15 is 0 Å². The highest BCUT2D eigenvalue weighted by Crippen LogP contribution is 2.32. The van der Waals surface area contributed by atoms with Gasteiger partial charge in [-0.2, -0.15) is 5.10 Å². The lowest BCUT2D eigenvalue weighted by Gasteiger charge is -2.25. The number of nitrogens with one attached hydrogen (secondary N) is 1. The van der Waals surface area contributed by atoms with Gasteiger partial charge < -0.3 is 9.30 Å². The number of carbonyl (C=O) groups excluding carboxylic acids is 1. The average molecular weight is 573 g/mol. The second-order valence-electron chi connectivity index (χ2n) is 9.92. The summed E-state index contributed by atoms with van der Waals surface area (Å²) in [4.78, 5) is 13.2. The van der Waals surface area contributed by atoms with Crippen molar-refractivity contribution in [2.45, 2.75) is 46.4 Å². The molecule has 0 fully saturated rings. The molecule has 1 aromatic heterocycles. The van der Waals surface area contributed by atoms with Crippen LogP contribution in [0.5, 0.6) is 5.75 Å². The number of carbonyl (C=O) groups is 1. The van der Waals surface area contributed by atoms with Gasteiger partial charge in [-0.15, -0.1) is 0 Å². The van der Waals surface area contributed by atoms with Crippen LogP contribution >= 0.6 is 0 Å². The molecule has 4 aromatic rings. The van der Waals surface area contributed by atoms with Gasteiger partial charge in [-0.3, -0.25) is 9.10 Å². The van der Waals surface area contributed by atoms with Crippen LogP contribution in [0.25, 0.3) is 5.69 Å². The minimum atomic E-state index is -4.09. The Morgan fingerprint density at radius 3 is 2.27 bits per heavy atom. The van der Waals surface area contributed by atoms with E-state index in [2.05, 4.69) is 41.1 Å². The van der Waals surface area contributed by atoms with Crippen molar-refractivity contribution in [2.75, 3.05) is 17.5 Å². The molecule has 0 radical (unpaired) electrons. The summed E-state index contributed by atoms with van der Waals surface area (Å²) in [6, 6.07) is 21.5. The van der Waals surface area contributed by atoms with Crippen LogP contribution in [0.15, 0.2) is 82.8 Å². The van der Waals surface area contributed by atoms with Gasteiger partial charge in [0.1, 0.15) is 12.3 Å². The van der Waals surface area contributed by atoms with Gasteiger partial charge in [0.15, 0.2) is 0 Å². The summed E-state index contributed by atoms with van der Waals surface area (Å²) >= 11 is 0. The summed E-state index contributed by atoms with van der Waals surface area (Å²) in [6.07, 6.45) is 1.58. The number of ether oxygens (including phenoxy) is 1. The van der Waals surface area contributed by atoms with Crippen molar-refractivity contribution in [3.8, 4) is 11.4 Å². The predicted molar refractivity (Wildman–Crippen MR) is 164 cm³/mol. The molecule has 1 N–H and O–H groups in total. The third-order valence-electron chi connectivity index (χ3n) is 6.86. The number of hydrazone groups is 1. The van der Waals surface area contributed by atoms with Crippen molar-refractivity contribution in [3.05, 3.63) is 106 Å². The number of anilines is 1. The number of benzene rings is 3. The molecule has 0 saturated carbocycles. The second kappa shape index (κ2) is 12.4. The number of hydrogen-bond donors (Lipinski definition) is 1. The minimum absolute atomic E-state index is 0.0737. The smallest absolute Gasteiger partial charge is 0.264 e. The number of aryl methyl sites for hydroxylation is 4. The number of hydrogen-bond acceptors (Lipinski definition) is 5. The molecule has 4 rings (SSSR count). The molecule has 0 aliphatic rings. The molecule has 1 heterocycles. The Morgan fingerprint density at radius 1 is 0.951 bits per heavy atom. The van der Waals surface area contributed by atoms with Gasteiger partial charge in [0.25, 0.3) is 15.9 Å². The highest BCUT2D eigenvalue weighted by molar-refractivity contribution is 7.92. The molecule has 3 aromatic carbocycles. The maximum Gasteiger partial charge on any atom is 0.264 e. The topological polar surface area (TPSA) is 93.0 Å². The molecule has 0 bridgehead atoms. The molecular weight excluding hydrogens is 536 g/mol. The summed E-state index contributed by atoms with van der Waals surface area (Å²) < 4.78 is 36.4. The third kappa shape index (κ3) is 6.36. The Bertz CT molecular complexity index is 1670. The standard InChI is InChI=1S/C32H36N4O4S/c1-7-40-30-14-9-8-13-29(30)35(41(38,39)28-17-15-22(2)16-18-28)21-31(37)34-33-20-27-19-25(5)36(26(27)6)32-23(3)11-10-12-24(32)4/h8-20H,7,21H2,1-6H3,(H,34,37)/b33-20-. The zero-order valence-corrected chi connectivity index (χ0v) is 25.1. The van der Waals surface area contributed by atoms with E-state index in [4.69, 9.17) is 4.74 Å². The summed E-state index contributed by atoms with van der Waals surface area (Å²) in [6.45, 7) is 11.7. The second-order valence-corrected chi connectivity index (χ2v) is 11.8. The fourth-order valence-corrected chi connectivity index (χ4v) is 6.27. The highest BCUT2D eigenvalue weighted by atomic mass is 32.2. The van der Waals surface area contributed by atoms with E-state index in [1.165, 1.54) is 12.1 Å². The highest BCUT2D eigenvalue weighted by Gasteiger charge is 2.29. The van der Waals surface area contributed by atoms with Crippen LogP contribution in [0.1, 0.15) is 40.6 Å².